The molecule has 2 aliphatic rings. The van der Waals surface area contributed by atoms with E-state index in [1.165, 1.54) is 35.2 Å². The third-order valence-electron chi connectivity index (χ3n) is 6.97. The lowest BCUT2D eigenvalue weighted by Crippen LogP contribution is -2.32. The van der Waals surface area contributed by atoms with Crippen LogP contribution < -0.4 is 0 Å². The molecule has 1 aliphatic heterocycles. The van der Waals surface area contributed by atoms with Crippen LogP contribution in [-0.4, -0.2) is 28.2 Å². The van der Waals surface area contributed by atoms with Crippen molar-refractivity contribution in [3.05, 3.63) is 88.5 Å². The van der Waals surface area contributed by atoms with E-state index in [0.717, 1.165) is 38.2 Å². The molecule has 0 radical (unpaired) electrons. The Balaban J connectivity index is 1.27. The van der Waals surface area contributed by atoms with E-state index in [2.05, 4.69) is 47.3 Å². The second-order valence-electron chi connectivity index (χ2n) is 8.72. The second-order valence-corrected chi connectivity index (χ2v) is 8.72. The lowest BCUT2D eigenvalue weighted by atomic mass is 9.89. The summed E-state index contributed by atoms with van der Waals surface area (Å²) in [5, 5.41) is 8.04. The predicted octanol–water partition coefficient (Wildman–Crippen LogP) is 5.32. The van der Waals surface area contributed by atoms with Gasteiger partial charge in [0.15, 0.2) is 0 Å². The second kappa shape index (κ2) is 7.42. The fourth-order valence-corrected chi connectivity index (χ4v) is 4.99. The number of nitrogens with zero attached hydrogens (tertiary/aromatic N) is 2. The standard InChI is InChI=1S/C25H28FN3/c1-18-23(17-29-15-11-20(12-16-29)19-5-3-2-4-6-19)27-28-24(18)25(13-14-25)21-7-9-22(26)10-8-21/h2-10,20H,11-17H2,1H3,(H,27,28). The maximum absolute atomic E-state index is 13.4. The summed E-state index contributed by atoms with van der Waals surface area (Å²) in [7, 11) is 0. The molecule has 0 bridgehead atoms. The van der Waals surface area contributed by atoms with Crippen LogP contribution in [0, 0.1) is 12.7 Å². The van der Waals surface area contributed by atoms with Crippen LogP contribution in [0.4, 0.5) is 4.39 Å². The van der Waals surface area contributed by atoms with E-state index in [0.29, 0.717) is 5.92 Å². The van der Waals surface area contributed by atoms with Gasteiger partial charge in [-0.05, 0) is 80.4 Å². The monoisotopic (exact) mass is 389 g/mol. The zero-order valence-electron chi connectivity index (χ0n) is 17.0. The van der Waals surface area contributed by atoms with Gasteiger partial charge < -0.3 is 0 Å². The molecule has 4 heteroatoms. The van der Waals surface area contributed by atoms with Crippen LogP contribution in [0.3, 0.4) is 0 Å². The highest BCUT2D eigenvalue weighted by Gasteiger charge is 2.48. The molecule has 1 aromatic heterocycles. The number of rotatable bonds is 5. The van der Waals surface area contributed by atoms with Crippen LogP contribution in [0.5, 0.6) is 0 Å². The van der Waals surface area contributed by atoms with Gasteiger partial charge in [-0.1, -0.05) is 42.5 Å². The maximum Gasteiger partial charge on any atom is 0.123 e. The van der Waals surface area contributed by atoms with Crippen LogP contribution in [0.25, 0.3) is 0 Å². The van der Waals surface area contributed by atoms with Crippen LogP contribution >= 0.6 is 0 Å². The highest BCUT2D eigenvalue weighted by molar-refractivity contribution is 5.46. The van der Waals surface area contributed by atoms with E-state index in [1.807, 2.05) is 12.1 Å². The fraction of sp³-hybridized carbons (Fsp3) is 0.400. The zero-order valence-corrected chi connectivity index (χ0v) is 17.0. The molecule has 0 atom stereocenters. The van der Waals surface area contributed by atoms with E-state index in [-0.39, 0.29) is 11.2 Å². The molecule has 1 N–H and O–H groups in total. The van der Waals surface area contributed by atoms with Crippen molar-refractivity contribution in [1.82, 2.24) is 15.1 Å². The Morgan fingerprint density at radius 1 is 1.03 bits per heavy atom. The molecule has 1 saturated carbocycles. The lowest BCUT2D eigenvalue weighted by molar-refractivity contribution is 0.202. The van der Waals surface area contributed by atoms with Gasteiger partial charge in [0.05, 0.1) is 5.69 Å². The molecule has 0 unspecified atom stereocenters. The van der Waals surface area contributed by atoms with Crippen LogP contribution in [0.2, 0.25) is 0 Å². The number of likely N-dealkylation sites (tertiary alicyclic amines) is 1. The van der Waals surface area contributed by atoms with Crippen molar-refractivity contribution < 1.29 is 4.39 Å². The van der Waals surface area contributed by atoms with Crippen molar-refractivity contribution in [2.75, 3.05) is 13.1 Å². The number of aromatic amines is 1. The molecule has 2 aromatic carbocycles. The minimum Gasteiger partial charge on any atom is -0.297 e. The Morgan fingerprint density at radius 2 is 1.72 bits per heavy atom. The molecule has 3 aromatic rings. The van der Waals surface area contributed by atoms with Gasteiger partial charge in [-0.15, -0.1) is 0 Å². The summed E-state index contributed by atoms with van der Waals surface area (Å²) in [6, 6.07) is 17.9. The minimum atomic E-state index is -0.175. The smallest absolute Gasteiger partial charge is 0.123 e. The highest BCUT2D eigenvalue weighted by Crippen LogP contribution is 2.54. The molecule has 5 rings (SSSR count). The first-order valence-electron chi connectivity index (χ1n) is 10.7. The van der Waals surface area contributed by atoms with E-state index >= 15 is 0 Å². The summed E-state index contributed by atoms with van der Waals surface area (Å²) in [5.74, 6) is 0.502. The molecule has 1 aliphatic carbocycles. The van der Waals surface area contributed by atoms with Gasteiger partial charge in [-0.2, -0.15) is 5.10 Å². The number of hydrogen-bond donors (Lipinski definition) is 1. The molecule has 2 heterocycles. The van der Waals surface area contributed by atoms with E-state index < -0.39 is 0 Å². The first-order chi connectivity index (χ1) is 14.2. The molecule has 0 spiro atoms. The summed E-state index contributed by atoms with van der Waals surface area (Å²) in [4.78, 5) is 2.53. The number of benzene rings is 2. The average Bonchev–Trinajstić information content (AvgIpc) is 3.48. The van der Waals surface area contributed by atoms with Gasteiger partial charge in [-0.3, -0.25) is 10.00 Å². The fourth-order valence-electron chi connectivity index (χ4n) is 4.99. The van der Waals surface area contributed by atoms with Gasteiger partial charge in [0, 0.05) is 17.7 Å². The zero-order chi connectivity index (χ0) is 19.8. The first-order valence-corrected chi connectivity index (χ1v) is 10.7. The SMILES string of the molecule is Cc1c(CN2CCC(c3ccccc3)CC2)n[nH]c1C1(c2ccc(F)cc2)CC1. The Kier molecular flexibility index (Phi) is 4.75. The molecule has 150 valence electrons. The number of aromatic nitrogens is 2. The molecule has 2 fully saturated rings. The summed E-state index contributed by atoms with van der Waals surface area (Å²) in [6.45, 7) is 5.33. The Bertz CT molecular complexity index is 965. The molecule has 0 amide bonds. The normalized spacial score (nSPS) is 19.4. The van der Waals surface area contributed by atoms with Crippen molar-refractivity contribution in [1.29, 1.82) is 0 Å². The Hall–Kier alpha value is -2.46. The number of nitrogens with one attached hydrogen (secondary N) is 1. The number of H-pyrrole nitrogens is 1. The van der Waals surface area contributed by atoms with Crippen molar-refractivity contribution in [3.8, 4) is 0 Å². The largest absolute Gasteiger partial charge is 0.297 e. The van der Waals surface area contributed by atoms with Crippen molar-refractivity contribution in [3.63, 3.8) is 0 Å². The maximum atomic E-state index is 13.4. The van der Waals surface area contributed by atoms with E-state index in [1.54, 1.807) is 12.1 Å². The van der Waals surface area contributed by atoms with Crippen molar-refractivity contribution in [2.24, 2.45) is 0 Å². The van der Waals surface area contributed by atoms with Crippen molar-refractivity contribution >= 4 is 0 Å². The van der Waals surface area contributed by atoms with Crippen molar-refractivity contribution in [2.45, 2.75) is 50.5 Å². The molecular weight excluding hydrogens is 361 g/mol. The van der Waals surface area contributed by atoms with Gasteiger partial charge >= 0.3 is 0 Å². The summed E-state index contributed by atoms with van der Waals surface area (Å²) >= 11 is 0. The summed E-state index contributed by atoms with van der Waals surface area (Å²) in [6.07, 6.45) is 4.62. The quantitative estimate of drug-likeness (QED) is 0.641. The summed E-state index contributed by atoms with van der Waals surface area (Å²) < 4.78 is 13.4. The molecule has 3 nitrogen and oxygen atoms in total. The Labute approximate surface area is 172 Å². The van der Waals surface area contributed by atoms with Gasteiger partial charge in [0.1, 0.15) is 5.82 Å². The third kappa shape index (κ3) is 3.51. The lowest BCUT2D eigenvalue weighted by Gasteiger charge is -2.31. The van der Waals surface area contributed by atoms with E-state index in [4.69, 9.17) is 5.10 Å². The van der Waals surface area contributed by atoms with Crippen LogP contribution in [0.15, 0.2) is 54.6 Å². The Morgan fingerprint density at radius 3 is 2.38 bits per heavy atom. The van der Waals surface area contributed by atoms with Crippen LogP contribution in [0.1, 0.15) is 59.7 Å². The van der Waals surface area contributed by atoms with E-state index in [9.17, 15) is 4.39 Å². The number of hydrogen-bond acceptors (Lipinski definition) is 2. The average molecular weight is 390 g/mol. The molecule has 1 saturated heterocycles. The number of halogens is 1. The van der Waals surface area contributed by atoms with Gasteiger partial charge in [-0.25, -0.2) is 4.39 Å². The number of piperidine rings is 1. The highest BCUT2D eigenvalue weighted by atomic mass is 19.1. The summed E-state index contributed by atoms with van der Waals surface area (Å²) in [5.41, 5.74) is 6.33. The first kappa shape index (κ1) is 18.6. The predicted molar refractivity (Wildman–Crippen MR) is 113 cm³/mol. The van der Waals surface area contributed by atoms with Crippen LogP contribution in [-0.2, 0) is 12.0 Å². The topological polar surface area (TPSA) is 31.9 Å². The molecule has 29 heavy (non-hydrogen) atoms. The minimum absolute atomic E-state index is 0.00331. The van der Waals surface area contributed by atoms with Gasteiger partial charge in [0.25, 0.3) is 0 Å². The third-order valence-corrected chi connectivity index (χ3v) is 6.97. The molecular formula is C25H28FN3. The van der Waals surface area contributed by atoms with Gasteiger partial charge in [0.2, 0.25) is 0 Å².